The van der Waals surface area contributed by atoms with Crippen molar-refractivity contribution in [3.8, 4) is 0 Å². The molecule has 0 aliphatic rings. The predicted molar refractivity (Wildman–Crippen MR) is 32.1 cm³/mol. The second kappa shape index (κ2) is 9.48. The molecule has 0 unspecified atom stereocenters. The van der Waals surface area contributed by atoms with Crippen molar-refractivity contribution in [2.75, 3.05) is 0 Å². The van der Waals surface area contributed by atoms with Gasteiger partial charge < -0.3 is 15.9 Å². The normalized spacial score (nSPS) is 11.4. The molecule has 0 aromatic carbocycles. The summed E-state index contributed by atoms with van der Waals surface area (Å²) in [5, 5.41) is 19.6. The van der Waals surface area contributed by atoms with Crippen LogP contribution in [0.5, 0.6) is 0 Å². The molecule has 0 atom stereocenters. The molecule has 0 aromatic rings. The molecule has 0 rings (SSSR count). The number of halogens is 2. The van der Waals surface area contributed by atoms with Crippen molar-refractivity contribution in [1.82, 2.24) is 0 Å². The summed E-state index contributed by atoms with van der Waals surface area (Å²) in [6.45, 7) is 0. The van der Waals surface area contributed by atoms with Gasteiger partial charge in [0.15, 0.2) is 0 Å². The van der Waals surface area contributed by atoms with Gasteiger partial charge in [0.1, 0.15) is 0 Å². The molecule has 8 heteroatoms. The van der Waals surface area contributed by atoms with Crippen molar-refractivity contribution >= 4 is 33.5 Å². The van der Waals surface area contributed by atoms with E-state index in [1.54, 1.807) is 0 Å². The van der Waals surface area contributed by atoms with E-state index in [4.69, 9.17) is 33.6 Å². The number of rotatable bonds is 1. The van der Waals surface area contributed by atoms with Gasteiger partial charge in [-0.15, -0.1) is 0 Å². The maximum atomic E-state index is 7.82. The molecule has 5 nitrogen and oxygen atoms in total. The molecule has 10 heavy (non-hydrogen) atoms. The van der Waals surface area contributed by atoms with Crippen LogP contribution in [-0.4, -0.2) is 26.2 Å². The fourth-order valence-corrected chi connectivity index (χ4v) is 0.158. The third-order valence-electron chi connectivity index (χ3n) is 0.346. The van der Waals surface area contributed by atoms with E-state index in [1.807, 2.05) is 0 Å². The average molecular weight is 197 g/mol. The Hall–Kier alpha value is 0.480. The minimum absolute atomic E-state index is 0. The van der Waals surface area contributed by atoms with E-state index in [1.165, 1.54) is 0 Å². The molecule has 0 saturated heterocycles. The van der Waals surface area contributed by atoms with E-state index in [9.17, 15) is 0 Å². The Morgan fingerprint density at radius 3 is 1.30 bits per heavy atom. The SMILES string of the molecule is O/N=C(Cl)/C(Cl)=N/O.[Na+].[OH-]. The maximum Gasteiger partial charge on any atom is 1.00 e. The van der Waals surface area contributed by atoms with Crippen LogP contribution in [-0.2, 0) is 0 Å². The molecule has 0 aliphatic carbocycles. The van der Waals surface area contributed by atoms with Crippen LogP contribution in [0.3, 0.4) is 0 Å². The first kappa shape index (κ1) is 16.8. The van der Waals surface area contributed by atoms with Crippen molar-refractivity contribution < 1.29 is 45.4 Å². The fraction of sp³-hybridized carbons (Fsp3) is 0. The first-order valence-electron chi connectivity index (χ1n) is 1.48. The number of oxime groups is 2. The van der Waals surface area contributed by atoms with Gasteiger partial charge in [-0.3, -0.25) is 0 Å². The second-order valence-corrected chi connectivity index (χ2v) is 1.50. The van der Waals surface area contributed by atoms with Crippen LogP contribution in [0.1, 0.15) is 0 Å². The molecule has 0 spiro atoms. The van der Waals surface area contributed by atoms with Crippen LogP contribution >= 0.6 is 23.2 Å². The van der Waals surface area contributed by atoms with E-state index in [-0.39, 0.29) is 35.0 Å². The Labute approximate surface area is 88.9 Å². The van der Waals surface area contributed by atoms with Gasteiger partial charge in [0, 0.05) is 0 Å². The molecule has 0 radical (unpaired) electrons. The summed E-state index contributed by atoms with van der Waals surface area (Å²) < 4.78 is 0. The molecule has 0 fully saturated rings. The number of hydrogen-bond donors (Lipinski definition) is 2. The Morgan fingerprint density at radius 2 is 1.20 bits per heavy atom. The van der Waals surface area contributed by atoms with Crippen molar-refractivity contribution in [2.45, 2.75) is 0 Å². The van der Waals surface area contributed by atoms with Gasteiger partial charge in [-0.05, 0) is 0 Å². The molecule has 0 bridgehead atoms. The largest absolute Gasteiger partial charge is 1.00 e. The quantitative estimate of drug-likeness (QED) is 0.217. The second-order valence-electron chi connectivity index (χ2n) is 0.782. The van der Waals surface area contributed by atoms with Gasteiger partial charge in [0.25, 0.3) is 0 Å². The Balaban J connectivity index is -0.000000245. The fourth-order valence-electron chi connectivity index (χ4n) is 0.0825. The molecule has 0 saturated carbocycles. The number of hydrogen-bond acceptors (Lipinski definition) is 5. The Morgan fingerprint density at radius 1 is 1.00 bits per heavy atom. The minimum atomic E-state index is -0.450. The van der Waals surface area contributed by atoms with Gasteiger partial charge in [0.2, 0.25) is 10.3 Å². The summed E-state index contributed by atoms with van der Waals surface area (Å²) in [5.41, 5.74) is 0. The monoisotopic (exact) mass is 196 g/mol. The van der Waals surface area contributed by atoms with Crippen LogP contribution in [0, 0.1) is 0 Å². The zero-order valence-corrected chi connectivity index (χ0v) is 8.50. The minimum Gasteiger partial charge on any atom is -0.870 e. The molecular formula is C2H3Cl2N2NaO3. The van der Waals surface area contributed by atoms with Gasteiger partial charge in [-0.2, -0.15) is 0 Å². The van der Waals surface area contributed by atoms with E-state index in [0.29, 0.717) is 0 Å². The van der Waals surface area contributed by atoms with Crippen molar-refractivity contribution in [3.63, 3.8) is 0 Å². The summed E-state index contributed by atoms with van der Waals surface area (Å²) in [6.07, 6.45) is 0. The van der Waals surface area contributed by atoms with Crippen LogP contribution in [0.15, 0.2) is 10.3 Å². The zero-order valence-electron chi connectivity index (χ0n) is 4.99. The summed E-state index contributed by atoms with van der Waals surface area (Å²) in [6, 6.07) is 0. The third kappa shape index (κ3) is 6.60. The molecule has 0 heterocycles. The predicted octanol–water partition coefficient (Wildman–Crippen LogP) is -2.13. The summed E-state index contributed by atoms with van der Waals surface area (Å²) >= 11 is 9.99. The van der Waals surface area contributed by atoms with Crippen molar-refractivity contribution in [3.05, 3.63) is 0 Å². The van der Waals surface area contributed by atoms with Crippen LogP contribution < -0.4 is 29.6 Å². The summed E-state index contributed by atoms with van der Waals surface area (Å²) in [5.74, 6) is 0. The number of nitrogens with zero attached hydrogens (tertiary/aromatic N) is 2. The molecule has 3 N–H and O–H groups in total. The van der Waals surface area contributed by atoms with Crippen LogP contribution in [0.25, 0.3) is 0 Å². The summed E-state index contributed by atoms with van der Waals surface area (Å²) in [4.78, 5) is 0. The maximum absolute atomic E-state index is 7.82. The Bertz CT molecular complexity index is 122. The van der Waals surface area contributed by atoms with E-state index in [0.717, 1.165) is 0 Å². The third-order valence-corrected chi connectivity index (χ3v) is 0.952. The van der Waals surface area contributed by atoms with Crippen molar-refractivity contribution in [1.29, 1.82) is 0 Å². The van der Waals surface area contributed by atoms with E-state index < -0.39 is 10.3 Å². The van der Waals surface area contributed by atoms with Gasteiger partial charge in [0.05, 0.1) is 0 Å². The molecular weight excluding hydrogens is 194 g/mol. The van der Waals surface area contributed by atoms with E-state index >= 15 is 0 Å². The van der Waals surface area contributed by atoms with Gasteiger partial charge in [-0.1, -0.05) is 33.5 Å². The van der Waals surface area contributed by atoms with Crippen molar-refractivity contribution in [2.24, 2.45) is 10.3 Å². The molecule has 54 valence electrons. The van der Waals surface area contributed by atoms with E-state index in [2.05, 4.69) is 10.3 Å². The smallest absolute Gasteiger partial charge is 0.870 e. The standard InChI is InChI=1S/C2H2Cl2N2O2.Na.H2O/c3-1(5-7)2(4)6-8;;/h7-8H;;1H2/q;+1;/p-1/b5-1-,6-2-;;. The molecule has 0 aromatic heterocycles. The average Bonchev–Trinajstić information content (AvgIpc) is 1.84. The first-order valence-corrected chi connectivity index (χ1v) is 2.23. The van der Waals surface area contributed by atoms with Gasteiger partial charge >= 0.3 is 29.6 Å². The zero-order chi connectivity index (χ0) is 6.57. The van der Waals surface area contributed by atoms with Crippen LogP contribution in [0.2, 0.25) is 0 Å². The van der Waals surface area contributed by atoms with Gasteiger partial charge in [-0.25, -0.2) is 0 Å². The van der Waals surface area contributed by atoms with Crippen LogP contribution in [0.4, 0.5) is 0 Å². The first-order chi connectivity index (χ1) is 3.72. The molecule has 0 amide bonds. The summed E-state index contributed by atoms with van der Waals surface area (Å²) in [7, 11) is 0. The molecule has 0 aliphatic heterocycles. The topological polar surface area (TPSA) is 95.2 Å². The Kier molecular flexibility index (Phi) is 16.0.